The van der Waals surface area contributed by atoms with Crippen molar-refractivity contribution in [2.75, 3.05) is 13.2 Å². The van der Waals surface area contributed by atoms with Crippen LogP contribution < -0.4 is 4.74 Å². The summed E-state index contributed by atoms with van der Waals surface area (Å²) in [7, 11) is 0. The van der Waals surface area contributed by atoms with Gasteiger partial charge in [0.25, 0.3) is 0 Å². The Morgan fingerprint density at radius 1 is 1.11 bits per heavy atom. The van der Waals surface area contributed by atoms with Crippen LogP contribution in [0.25, 0.3) is 0 Å². The zero-order valence-electron chi connectivity index (χ0n) is 10.2. The molecule has 0 aromatic heterocycles. The van der Waals surface area contributed by atoms with Crippen LogP contribution in [-0.4, -0.2) is 18.3 Å². The summed E-state index contributed by atoms with van der Waals surface area (Å²) in [6.07, 6.45) is 0. The van der Waals surface area contributed by atoms with Gasteiger partial charge in [-0.2, -0.15) is 0 Å². The molecule has 0 bridgehead atoms. The summed E-state index contributed by atoms with van der Waals surface area (Å²) < 4.78 is 19.2. The zero-order chi connectivity index (χ0) is 13.7. The van der Waals surface area contributed by atoms with Crippen molar-refractivity contribution < 1.29 is 14.2 Å². The van der Waals surface area contributed by atoms with E-state index in [0.717, 1.165) is 0 Å². The first kappa shape index (κ1) is 13.8. The fourth-order valence-corrected chi connectivity index (χ4v) is 1.90. The van der Waals surface area contributed by atoms with Crippen LogP contribution in [0.5, 0.6) is 5.75 Å². The maximum atomic E-state index is 13.6. The molecule has 1 atom stereocenters. The first-order chi connectivity index (χ1) is 9.20. The molecule has 2 aromatic rings. The van der Waals surface area contributed by atoms with Crippen molar-refractivity contribution in [3.05, 3.63) is 64.9 Å². The third-order valence-electron chi connectivity index (χ3n) is 2.83. The van der Waals surface area contributed by atoms with E-state index in [0.29, 0.717) is 16.3 Å². The molecule has 2 nitrogen and oxygen atoms in total. The van der Waals surface area contributed by atoms with Gasteiger partial charge in [0.1, 0.15) is 11.6 Å². The van der Waals surface area contributed by atoms with Crippen LogP contribution in [0.4, 0.5) is 4.39 Å². The fraction of sp³-hybridized carbons (Fsp3) is 0.200. The number of aliphatic hydroxyl groups excluding tert-OH is 1. The zero-order valence-corrected chi connectivity index (χ0v) is 11.0. The van der Waals surface area contributed by atoms with E-state index in [9.17, 15) is 9.50 Å². The van der Waals surface area contributed by atoms with Crippen molar-refractivity contribution in [1.82, 2.24) is 0 Å². The molecule has 1 N–H and O–H groups in total. The average Bonchev–Trinajstić information content (AvgIpc) is 2.43. The molecule has 0 fully saturated rings. The number of aliphatic hydroxyl groups is 1. The molecule has 0 heterocycles. The Hall–Kier alpha value is -1.58. The Labute approximate surface area is 116 Å². The van der Waals surface area contributed by atoms with E-state index in [2.05, 4.69) is 0 Å². The van der Waals surface area contributed by atoms with Gasteiger partial charge in [-0.15, -0.1) is 0 Å². The van der Waals surface area contributed by atoms with Crippen LogP contribution >= 0.6 is 11.6 Å². The van der Waals surface area contributed by atoms with Crippen molar-refractivity contribution >= 4 is 11.6 Å². The maximum Gasteiger partial charge on any atom is 0.126 e. The van der Waals surface area contributed by atoms with E-state index in [-0.39, 0.29) is 19.0 Å². The first-order valence-corrected chi connectivity index (χ1v) is 6.32. The van der Waals surface area contributed by atoms with Gasteiger partial charge in [0.15, 0.2) is 0 Å². The molecule has 0 aliphatic heterocycles. The Balaban J connectivity index is 2.04. The number of hydrogen-bond donors (Lipinski definition) is 1. The number of rotatable bonds is 5. The summed E-state index contributed by atoms with van der Waals surface area (Å²) in [5.41, 5.74) is 0.457. The number of benzene rings is 2. The summed E-state index contributed by atoms with van der Waals surface area (Å²) in [5, 5.41) is 9.98. The van der Waals surface area contributed by atoms with Crippen LogP contribution in [0, 0.1) is 5.82 Å². The Bertz CT molecular complexity index is 528. The van der Waals surface area contributed by atoms with E-state index in [1.165, 1.54) is 6.07 Å². The fourth-order valence-electron chi connectivity index (χ4n) is 1.77. The predicted octanol–water partition coefficient (Wildman–Crippen LogP) is 3.63. The van der Waals surface area contributed by atoms with Gasteiger partial charge >= 0.3 is 0 Å². The minimum absolute atomic E-state index is 0.172. The molecular weight excluding hydrogens is 267 g/mol. The van der Waals surface area contributed by atoms with Crippen LogP contribution in [-0.2, 0) is 0 Å². The normalized spacial score (nSPS) is 12.2. The highest BCUT2D eigenvalue weighted by Gasteiger charge is 2.15. The number of ether oxygens (including phenoxy) is 1. The minimum Gasteiger partial charge on any atom is -0.493 e. The van der Waals surface area contributed by atoms with E-state index >= 15 is 0 Å². The second kappa shape index (κ2) is 6.55. The standard InChI is InChI=1S/C15H14ClFO2/c16-12-5-7-13(8-6-12)19-10-11(9-18)14-3-1-2-4-15(14)17/h1-8,11,18H,9-10H2. The highest BCUT2D eigenvalue weighted by molar-refractivity contribution is 6.30. The lowest BCUT2D eigenvalue weighted by Crippen LogP contribution is -2.15. The summed E-state index contributed by atoms with van der Waals surface area (Å²) in [6.45, 7) is 0.0353. The highest BCUT2D eigenvalue weighted by Crippen LogP contribution is 2.21. The molecule has 0 aliphatic rings. The van der Waals surface area contributed by atoms with Crippen LogP contribution in [0.15, 0.2) is 48.5 Å². The summed E-state index contributed by atoms with van der Waals surface area (Å²) >= 11 is 5.77. The third kappa shape index (κ3) is 3.69. The Morgan fingerprint density at radius 2 is 1.79 bits per heavy atom. The third-order valence-corrected chi connectivity index (χ3v) is 3.08. The van der Waals surface area contributed by atoms with E-state index in [1.807, 2.05) is 0 Å². The molecule has 1 unspecified atom stereocenters. The van der Waals surface area contributed by atoms with Crippen molar-refractivity contribution in [1.29, 1.82) is 0 Å². The molecule has 0 spiro atoms. The summed E-state index contributed by atoms with van der Waals surface area (Å²) in [4.78, 5) is 0. The lowest BCUT2D eigenvalue weighted by Gasteiger charge is -2.16. The summed E-state index contributed by atoms with van der Waals surface area (Å²) in [6, 6.07) is 13.3. The molecule has 2 rings (SSSR count). The SMILES string of the molecule is OCC(COc1ccc(Cl)cc1)c1ccccc1F. The van der Waals surface area contributed by atoms with Crippen LogP contribution in [0.2, 0.25) is 5.02 Å². The Kier molecular flexibility index (Phi) is 4.77. The monoisotopic (exact) mass is 280 g/mol. The second-order valence-corrected chi connectivity index (χ2v) is 4.60. The molecule has 0 saturated carbocycles. The molecule has 0 amide bonds. The number of halogens is 2. The predicted molar refractivity (Wildman–Crippen MR) is 73.2 cm³/mol. The van der Waals surface area contributed by atoms with Crippen LogP contribution in [0.1, 0.15) is 11.5 Å². The van der Waals surface area contributed by atoms with Gasteiger partial charge in [0, 0.05) is 10.9 Å². The lowest BCUT2D eigenvalue weighted by molar-refractivity contribution is 0.202. The largest absolute Gasteiger partial charge is 0.493 e. The van der Waals surface area contributed by atoms with Crippen molar-refractivity contribution in [3.63, 3.8) is 0 Å². The Morgan fingerprint density at radius 3 is 2.42 bits per heavy atom. The quantitative estimate of drug-likeness (QED) is 0.906. The minimum atomic E-state index is -0.392. The van der Waals surface area contributed by atoms with Gasteiger partial charge in [-0.3, -0.25) is 0 Å². The van der Waals surface area contributed by atoms with E-state index < -0.39 is 5.92 Å². The van der Waals surface area contributed by atoms with E-state index in [4.69, 9.17) is 16.3 Å². The van der Waals surface area contributed by atoms with Gasteiger partial charge < -0.3 is 9.84 Å². The maximum absolute atomic E-state index is 13.6. The molecule has 4 heteroatoms. The number of hydrogen-bond acceptors (Lipinski definition) is 2. The van der Waals surface area contributed by atoms with E-state index in [1.54, 1.807) is 42.5 Å². The molecule has 0 aliphatic carbocycles. The molecular formula is C15H14ClFO2. The van der Waals surface area contributed by atoms with Crippen molar-refractivity contribution in [2.45, 2.75) is 5.92 Å². The molecule has 19 heavy (non-hydrogen) atoms. The van der Waals surface area contributed by atoms with Crippen molar-refractivity contribution in [2.24, 2.45) is 0 Å². The average molecular weight is 281 g/mol. The first-order valence-electron chi connectivity index (χ1n) is 5.94. The van der Waals surface area contributed by atoms with Gasteiger partial charge in [-0.25, -0.2) is 4.39 Å². The van der Waals surface area contributed by atoms with Gasteiger partial charge in [0.2, 0.25) is 0 Å². The molecule has 0 radical (unpaired) electrons. The van der Waals surface area contributed by atoms with Gasteiger partial charge in [0.05, 0.1) is 13.2 Å². The topological polar surface area (TPSA) is 29.5 Å². The van der Waals surface area contributed by atoms with Gasteiger partial charge in [-0.1, -0.05) is 29.8 Å². The second-order valence-electron chi connectivity index (χ2n) is 4.17. The van der Waals surface area contributed by atoms with Gasteiger partial charge in [-0.05, 0) is 35.9 Å². The summed E-state index contributed by atoms with van der Waals surface area (Å²) in [5.74, 6) is -0.0858. The smallest absolute Gasteiger partial charge is 0.126 e. The molecule has 0 saturated heterocycles. The molecule has 100 valence electrons. The lowest BCUT2D eigenvalue weighted by atomic mass is 10.0. The highest BCUT2D eigenvalue weighted by atomic mass is 35.5. The molecule has 2 aromatic carbocycles. The van der Waals surface area contributed by atoms with Crippen LogP contribution in [0.3, 0.4) is 0 Å². The van der Waals surface area contributed by atoms with Crippen molar-refractivity contribution in [3.8, 4) is 5.75 Å².